The number of nitrogens with one attached hydrogen (secondary N) is 4. The molecule has 5 N–H and O–H groups in total. The highest BCUT2D eigenvalue weighted by Gasteiger charge is 2.11. The third kappa shape index (κ3) is 3.07. The van der Waals surface area contributed by atoms with Gasteiger partial charge in [-0.15, -0.1) is 10.6 Å². The number of aliphatic hydroxyl groups is 1. The van der Waals surface area contributed by atoms with Gasteiger partial charge in [-0.25, -0.2) is 9.93 Å². The van der Waals surface area contributed by atoms with E-state index in [-0.39, 0.29) is 12.4 Å². The van der Waals surface area contributed by atoms with Gasteiger partial charge in [0.2, 0.25) is 0 Å². The summed E-state index contributed by atoms with van der Waals surface area (Å²) in [4.78, 5) is 0.474. The van der Waals surface area contributed by atoms with Crippen molar-refractivity contribution >= 4 is 17.8 Å². The summed E-state index contributed by atoms with van der Waals surface area (Å²) in [7, 11) is 0. The molecule has 2 rings (SSSR count). The first-order valence-corrected chi connectivity index (χ1v) is 5.77. The van der Waals surface area contributed by atoms with E-state index in [4.69, 9.17) is 5.11 Å². The van der Waals surface area contributed by atoms with Crippen molar-refractivity contribution in [2.45, 2.75) is 4.90 Å². The fraction of sp³-hybridized carbons (Fsp3) is 0.222. The SMILES string of the molecule is OCCNSc1ccc(C2=NNNN2)cc1F. The van der Waals surface area contributed by atoms with E-state index >= 15 is 0 Å². The van der Waals surface area contributed by atoms with Gasteiger partial charge in [0.1, 0.15) is 5.82 Å². The number of hydrogen-bond acceptors (Lipinski definition) is 7. The van der Waals surface area contributed by atoms with Crippen LogP contribution >= 0.6 is 11.9 Å². The Morgan fingerprint density at radius 2 is 2.35 bits per heavy atom. The van der Waals surface area contributed by atoms with Gasteiger partial charge < -0.3 is 5.11 Å². The smallest absolute Gasteiger partial charge is 0.170 e. The normalized spacial score (nSPS) is 14.1. The van der Waals surface area contributed by atoms with Gasteiger partial charge in [0.05, 0.1) is 11.5 Å². The number of aliphatic hydroxyl groups excluding tert-OH is 1. The standard InChI is InChI=1S/C9H12FN5OS/c10-7-5-6(9-12-14-15-13-9)1-2-8(7)17-11-3-4-16/h1-2,5,11,14-16H,3-4H2,(H,12,13). The molecule has 1 aliphatic rings. The predicted octanol–water partition coefficient (Wildman–Crippen LogP) is -0.311. The molecule has 0 unspecified atom stereocenters. The third-order valence-electron chi connectivity index (χ3n) is 2.01. The minimum atomic E-state index is -0.339. The lowest BCUT2D eigenvalue weighted by atomic mass is 10.2. The quantitative estimate of drug-likeness (QED) is 0.368. The molecule has 92 valence electrons. The van der Waals surface area contributed by atoms with Crippen LogP contribution in [0.4, 0.5) is 4.39 Å². The minimum Gasteiger partial charge on any atom is -0.395 e. The average molecular weight is 257 g/mol. The van der Waals surface area contributed by atoms with Crippen molar-refractivity contribution in [3.05, 3.63) is 29.6 Å². The first kappa shape index (κ1) is 12.1. The lowest BCUT2D eigenvalue weighted by molar-refractivity contribution is 0.302. The Morgan fingerprint density at radius 3 is 3.00 bits per heavy atom. The summed E-state index contributed by atoms with van der Waals surface area (Å²) in [6, 6.07) is 4.80. The molecule has 1 heterocycles. The van der Waals surface area contributed by atoms with Crippen LogP contribution in [0.3, 0.4) is 0 Å². The number of hydrazone groups is 1. The van der Waals surface area contributed by atoms with Crippen LogP contribution < -0.4 is 21.2 Å². The van der Waals surface area contributed by atoms with Gasteiger partial charge in [-0.2, -0.15) is 0 Å². The van der Waals surface area contributed by atoms with Crippen LogP contribution in [0.5, 0.6) is 0 Å². The third-order valence-corrected chi connectivity index (χ3v) is 2.91. The molecule has 0 saturated heterocycles. The summed E-state index contributed by atoms with van der Waals surface area (Å²) >= 11 is 1.15. The molecule has 0 radical (unpaired) electrons. The zero-order chi connectivity index (χ0) is 12.1. The maximum Gasteiger partial charge on any atom is 0.170 e. The van der Waals surface area contributed by atoms with E-state index in [0.717, 1.165) is 11.9 Å². The number of halogens is 1. The Hall–Kier alpha value is -1.35. The molecule has 0 amide bonds. The van der Waals surface area contributed by atoms with Gasteiger partial charge in [-0.1, -0.05) is 0 Å². The van der Waals surface area contributed by atoms with Crippen molar-refractivity contribution in [1.82, 2.24) is 21.2 Å². The van der Waals surface area contributed by atoms with Gasteiger partial charge >= 0.3 is 0 Å². The maximum atomic E-state index is 13.7. The van der Waals surface area contributed by atoms with Crippen LogP contribution in [0.15, 0.2) is 28.2 Å². The zero-order valence-electron chi connectivity index (χ0n) is 8.83. The van der Waals surface area contributed by atoms with Crippen LogP contribution in [0.2, 0.25) is 0 Å². The molecule has 0 saturated carbocycles. The van der Waals surface area contributed by atoms with E-state index < -0.39 is 0 Å². The summed E-state index contributed by atoms with van der Waals surface area (Å²) in [5.74, 6) is 0.193. The average Bonchev–Trinajstić information content (AvgIpc) is 2.85. The van der Waals surface area contributed by atoms with E-state index in [1.54, 1.807) is 12.1 Å². The number of amidine groups is 1. The largest absolute Gasteiger partial charge is 0.395 e. The summed E-state index contributed by atoms with van der Waals surface area (Å²) in [6.45, 7) is 0.429. The molecule has 0 aromatic heterocycles. The molecule has 0 bridgehead atoms. The van der Waals surface area contributed by atoms with Crippen LogP contribution in [0.25, 0.3) is 0 Å². The van der Waals surface area contributed by atoms with Crippen LogP contribution in [0, 0.1) is 5.82 Å². The molecule has 0 atom stereocenters. The van der Waals surface area contributed by atoms with E-state index in [1.165, 1.54) is 6.07 Å². The molecule has 1 aromatic carbocycles. The van der Waals surface area contributed by atoms with Crippen LogP contribution in [-0.4, -0.2) is 24.1 Å². The first-order chi connectivity index (χ1) is 8.31. The predicted molar refractivity (Wildman–Crippen MR) is 63.3 cm³/mol. The van der Waals surface area contributed by atoms with Gasteiger partial charge in [0, 0.05) is 12.1 Å². The molecule has 0 spiro atoms. The lowest BCUT2D eigenvalue weighted by Gasteiger charge is -2.06. The van der Waals surface area contributed by atoms with E-state index in [1.807, 2.05) is 0 Å². The zero-order valence-corrected chi connectivity index (χ0v) is 9.64. The minimum absolute atomic E-state index is 0.0186. The Morgan fingerprint density at radius 1 is 1.47 bits per heavy atom. The molecule has 0 fully saturated rings. The summed E-state index contributed by atoms with van der Waals surface area (Å²) in [6.07, 6.45) is 0. The van der Waals surface area contributed by atoms with E-state index in [2.05, 4.69) is 26.3 Å². The van der Waals surface area contributed by atoms with Crippen molar-refractivity contribution in [2.75, 3.05) is 13.2 Å². The number of hydrazine groups is 2. The maximum absolute atomic E-state index is 13.7. The van der Waals surface area contributed by atoms with Gasteiger partial charge in [0.25, 0.3) is 0 Å². The Bertz CT molecular complexity index is 428. The van der Waals surface area contributed by atoms with Gasteiger partial charge in [-0.3, -0.25) is 10.1 Å². The fourth-order valence-electron chi connectivity index (χ4n) is 1.24. The topological polar surface area (TPSA) is 80.7 Å². The lowest BCUT2D eigenvalue weighted by Crippen LogP contribution is -2.35. The highest BCUT2D eigenvalue weighted by molar-refractivity contribution is 7.97. The molecule has 6 nitrogen and oxygen atoms in total. The molecule has 8 heteroatoms. The number of hydrogen-bond donors (Lipinski definition) is 5. The van der Waals surface area contributed by atoms with Crippen LogP contribution in [-0.2, 0) is 0 Å². The Labute approximate surface area is 102 Å². The fourth-order valence-corrected chi connectivity index (χ4v) is 1.88. The van der Waals surface area contributed by atoms with E-state index in [0.29, 0.717) is 22.8 Å². The molecule has 1 aromatic rings. The van der Waals surface area contributed by atoms with Crippen LogP contribution in [0.1, 0.15) is 5.56 Å². The summed E-state index contributed by atoms with van der Waals surface area (Å²) in [5.41, 5.74) is 8.46. The van der Waals surface area contributed by atoms with E-state index in [9.17, 15) is 4.39 Å². The summed E-state index contributed by atoms with van der Waals surface area (Å²) in [5, 5.41) is 12.5. The Balaban J connectivity index is 2.06. The second-order valence-corrected chi connectivity index (χ2v) is 4.12. The Kier molecular flexibility index (Phi) is 4.15. The molecule has 1 aliphatic heterocycles. The van der Waals surface area contributed by atoms with Crippen molar-refractivity contribution in [3.8, 4) is 0 Å². The number of rotatable bonds is 5. The molecule has 17 heavy (non-hydrogen) atoms. The molecular weight excluding hydrogens is 245 g/mol. The summed E-state index contributed by atoms with van der Waals surface area (Å²) < 4.78 is 16.5. The monoisotopic (exact) mass is 257 g/mol. The number of benzene rings is 1. The second-order valence-electron chi connectivity index (χ2n) is 3.19. The first-order valence-electron chi connectivity index (χ1n) is 4.95. The van der Waals surface area contributed by atoms with Gasteiger partial charge in [0.15, 0.2) is 5.84 Å². The molecule has 0 aliphatic carbocycles. The van der Waals surface area contributed by atoms with Crippen molar-refractivity contribution in [3.63, 3.8) is 0 Å². The number of nitrogens with zero attached hydrogens (tertiary/aromatic N) is 1. The highest BCUT2D eigenvalue weighted by atomic mass is 32.2. The van der Waals surface area contributed by atoms with Crippen molar-refractivity contribution in [2.24, 2.45) is 5.10 Å². The van der Waals surface area contributed by atoms with Gasteiger partial charge in [-0.05, 0) is 30.1 Å². The molecular formula is C9H12FN5OS. The van der Waals surface area contributed by atoms with Crippen molar-refractivity contribution < 1.29 is 9.50 Å². The van der Waals surface area contributed by atoms with Crippen molar-refractivity contribution in [1.29, 1.82) is 0 Å². The highest BCUT2D eigenvalue weighted by Crippen LogP contribution is 2.20. The second kappa shape index (κ2) is 5.82.